The van der Waals surface area contributed by atoms with Gasteiger partial charge in [-0.25, -0.2) is 0 Å². The van der Waals surface area contributed by atoms with E-state index in [2.05, 4.69) is 12.3 Å². The molecule has 0 heterocycles. The van der Waals surface area contributed by atoms with Gasteiger partial charge in [0.2, 0.25) is 0 Å². The number of methoxy groups -OCH3 is 3. The molecule has 0 aliphatic rings. The van der Waals surface area contributed by atoms with Crippen molar-refractivity contribution in [2.45, 2.75) is 6.42 Å². The largest absolute Gasteiger partial charge is 0.504 e. The minimum absolute atomic E-state index is 0.0340. The van der Waals surface area contributed by atoms with E-state index in [1.165, 1.54) is 0 Å². The van der Waals surface area contributed by atoms with Crippen molar-refractivity contribution in [2.75, 3.05) is 21.3 Å². The molecule has 1 aromatic rings. The standard InChI is InChI=1S/C13H16O4/c1-5-9(14)6-11-12(16-3)7-10(15-2)8-13(11)17-4/h7-8,14H,1,6H2,2-4H3. The number of aliphatic hydroxyl groups excluding tert-OH is 1. The molecule has 4 nitrogen and oxygen atoms in total. The first kappa shape index (κ1) is 13.0. The van der Waals surface area contributed by atoms with E-state index >= 15 is 0 Å². The number of allylic oxidation sites excluding steroid dienone is 1. The zero-order chi connectivity index (χ0) is 12.8. The van der Waals surface area contributed by atoms with Gasteiger partial charge in [0.1, 0.15) is 23.0 Å². The second-order valence-electron chi connectivity index (χ2n) is 3.31. The highest BCUT2D eigenvalue weighted by atomic mass is 16.5. The van der Waals surface area contributed by atoms with Crippen LogP contribution in [-0.2, 0) is 6.42 Å². The number of hydrogen-bond acceptors (Lipinski definition) is 4. The smallest absolute Gasteiger partial charge is 0.139 e. The van der Waals surface area contributed by atoms with Crippen LogP contribution >= 0.6 is 0 Å². The van der Waals surface area contributed by atoms with E-state index in [0.29, 0.717) is 17.2 Å². The van der Waals surface area contributed by atoms with E-state index in [-0.39, 0.29) is 12.2 Å². The van der Waals surface area contributed by atoms with Crippen LogP contribution in [0.2, 0.25) is 0 Å². The second kappa shape index (κ2) is 5.87. The Labute approximate surface area is 101 Å². The van der Waals surface area contributed by atoms with Crippen molar-refractivity contribution in [2.24, 2.45) is 0 Å². The highest BCUT2D eigenvalue weighted by molar-refractivity contribution is 5.51. The number of hydrogen-bond donors (Lipinski definition) is 1. The highest BCUT2D eigenvalue weighted by Crippen LogP contribution is 2.35. The molecule has 0 aliphatic heterocycles. The zero-order valence-electron chi connectivity index (χ0n) is 10.2. The zero-order valence-corrected chi connectivity index (χ0v) is 10.2. The number of ether oxygens (including phenoxy) is 3. The lowest BCUT2D eigenvalue weighted by atomic mass is 10.1. The van der Waals surface area contributed by atoms with Gasteiger partial charge in [0.15, 0.2) is 0 Å². The molecule has 0 radical (unpaired) electrons. The van der Waals surface area contributed by atoms with Crippen molar-refractivity contribution in [3.05, 3.63) is 35.8 Å². The molecule has 0 spiro atoms. The molecule has 0 aromatic heterocycles. The predicted octanol–water partition coefficient (Wildman–Crippen LogP) is 2.48. The van der Waals surface area contributed by atoms with Gasteiger partial charge in [0.05, 0.1) is 21.3 Å². The van der Waals surface area contributed by atoms with E-state index in [1.807, 2.05) is 0 Å². The summed E-state index contributed by atoms with van der Waals surface area (Å²) in [6, 6.07) is 3.46. The molecule has 0 amide bonds. The Kier molecular flexibility index (Phi) is 4.49. The van der Waals surface area contributed by atoms with Gasteiger partial charge in [-0.05, 0) is 0 Å². The fourth-order valence-corrected chi connectivity index (χ4v) is 1.48. The molecule has 0 fully saturated rings. The Bertz CT molecular complexity index is 420. The Balaban J connectivity index is 3.29. The monoisotopic (exact) mass is 236 g/mol. The van der Waals surface area contributed by atoms with Crippen LogP contribution in [0.4, 0.5) is 0 Å². The van der Waals surface area contributed by atoms with Gasteiger partial charge in [0, 0.05) is 24.1 Å². The minimum atomic E-state index is 0.0340. The Morgan fingerprint density at radius 1 is 1.18 bits per heavy atom. The van der Waals surface area contributed by atoms with Crippen LogP contribution < -0.4 is 14.2 Å². The molecule has 0 saturated heterocycles. The van der Waals surface area contributed by atoms with Crippen molar-refractivity contribution < 1.29 is 19.3 Å². The first-order valence-corrected chi connectivity index (χ1v) is 5.03. The second-order valence-corrected chi connectivity index (χ2v) is 3.31. The third-order valence-corrected chi connectivity index (χ3v) is 2.37. The maximum absolute atomic E-state index is 9.48. The summed E-state index contributed by atoms with van der Waals surface area (Å²) in [5, 5.41) is 9.48. The van der Waals surface area contributed by atoms with Gasteiger partial charge in [-0.3, -0.25) is 0 Å². The molecule has 4 heteroatoms. The molecule has 0 unspecified atom stereocenters. The van der Waals surface area contributed by atoms with E-state index in [9.17, 15) is 5.11 Å². The van der Waals surface area contributed by atoms with Gasteiger partial charge in [-0.15, -0.1) is 0 Å². The first-order valence-electron chi connectivity index (χ1n) is 5.03. The molecule has 1 aromatic carbocycles. The summed E-state index contributed by atoms with van der Waals surface area (Å²) in [6.07, 6.45) is 0.250. The van der Waals surface area contributed by atoms with Crippen molar-refractivity contribution in [3.63, 3.8) is 0 Å². The summed E-state index contributed by atoms with van der Waals surface area (Å²) in [6.45, 7) is 3.38. The SMILES string of the molecule is C=C=C(O)Cc1c(OC)cc(OC)cc1OC. The van der Waals surface area contributed by atoms with Crippen LogP contribution in [0.1, 0.15) is 5.56 Å². The Morgan fingerprint density at radius 3 is 2.06 bits per heavy atom. The van der Waals surface area contributed by atoms with Gasteiger partial charge in [-0.2, -0.15) is 0 Å². The topological polar surface area (TPSA) is 47.9 Å². The molecule has 17 heavy (non-hydrogen) atoms. The maximum Gasteiger partial charge on any atom is 0.139 e. The maximum atomic E-state index is 9.48. The van der Waals surface area contributed by atoms with Crippen LogP contribution in [-0.4, -0.2) is 26.4 Å². The van der Waals surface area contributed by atoms with Crippen LogP contribution in [0.3, 0.4) is 0 Å². The lowest BCUT2D eigenvalue weighted by molar-refractivity contribution is 0.359. The third-order valence-electron chi connectivity index (χ3n) is 2.37. The summed E-state index contributed by atoms with van der Waals surface area (Å²) in [4.78, 5) is 0. The quantitative estimate of drug-likeness (QED) is 0.630. The van der Waals surface area contributed by atoms with E-state index in [1.54, 1.807) is 33.5 Å². The lowest BCUT2D eigenvalue weighted by Gasteiger charge is -2.14. The molecular weight excluding hydrogens is 220 g/mol. The van der Waals surface area contributed by atoms with Crippen molar-refractivity contribution in [3.8, 4) is 17.2 Å². The molecule has 92 valence electrons. The van der Waals surface area contributed by atoms with Crippen LogP contribution in [0.25, 0.3) is 0 Å². The van der Waals surface area contributed by atoms with Gasteiger partial charge in [0.25, 0.3) is 0 Å². The van der Waals surface area contributed by atoms with Crippen LogP contribution in [0, 0.1) is 0 Å². The molecular formula is C13H16O4. The fraction of sp³-hybridized carbons (Fsp3) is 0.308. The van der Waals surface area contributed by atoms with E-state index in [4.69, 9.17) is 14.2 Å². The number of benzene rings is 1. The number of aliphatic hydroxyl groups is 1. The molecule has 0 atom stereocenters. The van der Waals surface area contributed by atoms with Crippen LogP contribution in [0.5, 0.6) is 17.2 Å². The summed E-state index contributed by atoms with van der Waals surface area (Å²) >= 11 is 0. The first-order chi connectivity index (χ1) is 8.15. The summed E-state index contributed by atoms with van der Waals surface area (Å²) in [5.74, 6) is 1.84. The third kappa shape index (κ3) is 2.95. The molecule has 1 N–H and O–H groups in total. The van der Waals surface area contributed by atoms with Crippen molar-refractivity contribution in [1.82, 2.24) is 0 Å². The molecule has 1 rings (SSSR count). The van der Waals surface area contributed by atoms with Gasteiger partial charge < -0.3 is 19.3 Å². The van der Waals surface area contributed by atoms with Gasteiger partial charge >= 0.3 is 0 Å². The van der Waals surface area contributed by atoms with Crippen LogP contribution in [0.15, 0.2) is 30.2 Å². The van der Waals surface area contributed by atoms with Gasteiger partial charge in [-0.1, -0.05) is 12.3 Å². The predicted molar refractivity (Wildman–Crippen MR) is 65.1 cm³/mol. The van der Waals surface area contributed by atoms with E-state index < -0.39 is 0 Å². The Morgan fingerprint density at radius 2 is 1.71 bits per heavy atom. The van der Waals surface area contributed by atoms with Crippen molar-refractivity contribution >= 4 is 0 Å². The normalized spacial score (nSPS) is 9.35. The summed E-state index contributed by atoms with van der Waals surface area (Å²) < 4.78 is 15.6. The Hall–Kier alpha value is -2.06. The average molecular weight is 236 g/mol. The summed E-state index contributed by atoms with van der Waals surface area (Å²) in [7, 11) is 4.66. The lowest BCUT2D eigenvalue weighted by Crippen LogP contribution is -1.99. The van der Waals surface area contributed by atoms with E-state index in [0.717, 1.165) is 5.56 Å². The number of rotatable bonds is 5. The fourth-order valence-electron chi connectivity index (χ4n) is 1.48. The highest BCUT2D eigenvalue weighted by Gasteiger charge is 2.14. The molecule has 0 aliphatic carbocycles. The van der Waals surface area contributed by atoms with Crippen molar-refractivity contribution in [1.29, 1.82) is 0 Å². The molecule has 0 saturated carbocycles. The minimum Gasteiger partial charge on any atom is -0.504 e. The summed E-state index contributed by atoms with van der Waals surface area (Å²) in [5.41, 5.74) is 3.15. The average Bonchev–Trinajstić information content (AvgIpc) is 2.38. The molecule has 0 bridgehead atoms.